The molecule has 5 nitrogen and oxygen atoms in total. The first-order valence-electron chi connectivity index (χ1n) is 7.00. The number of halogens is 1. The van der Waals surface area contributed by atoms with Crippen LogP contribution in [0.2, 0.25) is 0 Å². The van der Waals surface area contributed by atoms with E-state index in [9.17, 15) is 5.11 Å². The Labute approximate surface area is 129 Å². The van der Waals surface area contributed by atoms with Crippen molar-refractivity contribution in [1.29, 1.82) is 0 Å². The van der Waals surface area contributed by atoms with Gasteiger partial charge in [0.25, 0.3) is 0 Å². The molecule has 0 radical (unpaired) electrons. The lowest BCUT2D eigenvalue weighted by molar-refractivity contribution is 0.132. The molecule has 0 aromatic carbocycles. The highest BCUT2D eigenvalue weighted by Crippen LogP contribution is 2.23. The molecule has 0 aliphatic heterocycles. The van der Waals surface area contributed by atoms with Crippen molar-refractivity contribution < 1.29 is 5.11 Å². The maximum absolute atomic E-state index is 10.0. The van der Waals surface area contributed by atoms with Crippen LogP contribution in [0.3, 0.4) is 0 Å². The Morgan fingerprint density at radius 2 is 2.05 bits per heavy atom. The van der Waals surface area contributed by atoms with Crippen molar-refractivity contribution in [1.82, 2.24) is 9.97 Å². The van der Waals surface area contributed by atoms with E-state index in [0.717, 1.165) is 23.9 Å². The average molecular weight is 345 g/mol. The predicted molar refractivity (Wildman–Crippen MR) is 87.1 cm³/mol. The molecule has 0 saturated heterocycles. The van der Waals surface area contributed by atoms with Crippen LogP contribution in [0.15, 0.2) is 10.7 Å². The first-order chi connectivity index (χ1) is 9.31. The highest BCUT2D eigenvalue weighted by Gasteiger charge is 2.17. The van der Waals surface area contributed by atoms with Gasteiger partial charge < -0.3 is 15.7 Å². The maximum Gasteiger partial charge on any atom is 0.224 e. The average Bonchev–Trinajstić information content (AvgIpc) is 2.34. The summed E-state index contributed by atoms with van der Waals surface area (Å²) in [5.74, 6) is 1.30. The molecule has 0 bridgehead atoms. The van der Waals surface area contributed by atoms with Gasteiger partial charge in [0.1, 0.15) is 5.82 Å². The zero-order valence-corrected chi connectivity index (χ0v) is 14.3. The van der Waals surface area contributed by atoms with Gasteiger partial charge in [-0.25, -0.2) is 4.98 Å². The smallest absolute Gasteiger partial charge is 0.224 e. The van der Waals surface area contributed by atoms with E-state index in [1.165, 1.54) is 0 Å². The van der Waals surface area contributed by atoms with Gasteiger partial charge in [-0.05, 0) is 34.2 Å². The number of hydrogen-bond acceptors (Lipinski definition) is 5. The quantitative estimate of drug-likeness (QED) is 0.708. The van der Waals surface area contributed by atoms with E-state index in [0.29, 0.717) is 18.3 Å². The Bertz CT molecular complexity index is 420. The second-order valence-corrected chi connectivity index (χ2v) is 6.97. The van der Waals surface area contributed by atoms with E-state index < -0.39 is 6.10 Å². The van der Waals surface area contributed by atoms with Crippen LogP contribution in [0.4, 0.5) is 11.8 Å². The van der Waals surface area contributed by atoms with Crippen molar-refractivity contribution in [3.8, 4) is 0 Å². The fourth-order valence-corrected chi connectivity index (χ4v) is 2.14. The third kappa shape index (κ3) is 6.52. The van der Waals surface area contributed by atoms with Gasteiger partial charge in [0.2, 0.25) is 5.95 Å². The Balaban J connectivity index is 2.58. The van der Waals surface area contributed by atoms with Gasteiger partial charge in [-0.3, -0.25) is 0 Å². The number of aliphatic hydroxyl groups is 1. The summed E-state index contributed by atoms with van der Waals surface area (Å²) >= 11 is 3.41. The van der Waals surface area contributed by atoms with Crippen molar-refractivity contribution in [2.75, 3.05) is 23.7 Å². The summed E-state index contributed by atoms with van der Waals surface area (Å²) in [6.07, 6.45) is 3.07. The third-order valence-electron chi connectivity index (χ3n) is 2.63. The summed E-state index contributed by atoms with van der Waals surface area (Å²) in [5.41, 5.74) is 0.109. The highest BCUT2D eigenvalue weighted by molar-refractivity contribution is 9.10. The number of hydrogen-bond donors (Lipinski definition) is 3. The molecule has 0 aliphatic carbocycles. The van der Waals surface area contributed by atoms with Crippen LogP contribution in [0.25, 0.3) is 0 Å². The molecule has 1 atom stereocenters. The maximum atomic E-state index is 10.0. The van der Waals surface area contributed by atoms with Crippen LogP contribution in [-0.2, 0) is 0 Å². The molecule has 3 N–H and O–H groups in total. The molecule has 0 aliphatic rings. The van der Waals surface area contributed by atoms with Crippen LogP contribution >= 0.6 is 15.9 Å². The minimum absolute atomic E-state index is 0.109. The van der Waals surface area contributed by atoms with Crippen molar-refractivity contribution in [2.24, 2.45) is 5.41 Å². The van der Waals surface area contributed by atoms with Gasteiger partial charge in [-0.2, -0.15) is 4.98 Å². The molecule has 1 aromatic heterocycles. The number of nitrogens with zero attached hydrogens (tertiary/aromatic N) is 2. The Hall–Kier alpha value is -0.880. The van der Waals surface area contributed by atoms with Crippen LogP contribution in [-0.4, -0.2) is 34.3 Å². The van der Waals surface area contributed by atoms with E-state index in [-0.39, 0.29) is 5.41 Å². The van der Waals surface area contributed by atoms with Gasteiger partial charge >= 0.3 is 0 Å². The van der Waals surface area contributed by atoms with Crippen molar-refractivity contribution in [2.45, 2.75) is 46.6 Å². The molecular weight excluding hydrogens is 320 g/mol. The van der Waals surface area contributed by atoms with Gasteiger partial charge in [0.15, 0.2) is 0 Å². The number of aromatic nitrogens is 2. The topological polar surface area (TPSA) is 70.1 Å². The first kappa shape index (κ1) is 17.2. The van der Waals surface area contributed by atoms with Gasteiger partial charge in [-0.15, -0.1) is 0 Å². The molecule has 0 saturated carbocycles. The Morgan fingerprint density at radius 3 is 2.65 bits per heavy atom. The van der Waals surface area contributed by atoms with E-state index in [2.05, 4.69) is 64.2 Å². The first-order valence-corrected chi connectivity index (χ1v) is 7.79. The monoisotopic (exact) mass is 344 g/mol. The number of rotatable bonds is 7. The van der Waals surface area contributed by atoms with Gasteiger partial charge in [0, 0.05) is 19.3 Å². The second kappa shape index (κ2) is 7.78. The molecule has 6 heteroatoms. The molecule has 114 valence electrons. The number of nitrogens with one attached hydrogen (secondary N) is 2. The van der Waals surface area contributed by atoms with Crippen LogP contribution in [0.1, 0.15) is 40.5 Å². The largest absolute Gasteiger partial charge is 0.391 e. The zero-order chi connectivity index (χ0) is 15.2. The summed E-state index contributed by atoms with van der Waals surface area (Å²) in [5, 5.41) is 16.3. The summed E-state index contributed by atoms with van der Waals surface area (Å²) < 4.78 is 0.794. The fraction of sp³-hybridized carbons (Fsp3) is 0.714. The normalized spacial score (nSPS) is 13.1. The number of aliphatic hydroxyl groups excluding tert-OH is 1. The molecule has 1 unspecified atom stereocenters. The highest BCUT2D eigenvalue weighted by atomic mass is 79.9. The Morgan fingerprint density at radius 1 is 1.35 bits per heavy atom. The number of anilines is 2. The van der Waals surface area contributed by atoms with Crippen molar-refractivity contribution in [3.05, 3.63) is 10.7 Å². The molecule has 0 fully saturated rings. The van der Waals surface area contributed by atoms with Crippen molar-refractivity contribution in [3.63, 3.8) is 0 Å². The van der Waals surface area contributed by atoms with E-state index >= 15 is 0 Å². The lowest BCUT2D eigenvalue weighted by Crippen LogP contribution is -2.25. The van der Waals surface area contributed by atoms with Crippen LogP contribution in [0, 0.1) is 5.41 Å². The van der Waals surface area contributed by atoms with Crippen molar-refractivity contribution >= 4 is 27.7 Å². The van der Waals surface area contributed by atoms with E-state index in [1.807, 2.05) is 0 Å². The van der Waals surface area contributed by atoms with Crippen LogP contribution < -0.4 is 10.6 Å². The minimum atomic E-state index is -0.399. The second-order valence-electron chi connectivity index (χ2n) is 6.12. The summed E-state index contributed by atoms with van der Waals surface area (Å²) in [6, 6.07) is 0. The fourth-order valence-electron chi connectivity index (χ4n) is 1.81. The summed E-state index contributed by atoms with van der Waals surface area (Å²) in [6.45, 7) is 9.75. The molecule has 1 rings (SSSR count). The van der Waals surface area contributed by atoms with Gasteiger partial charge in [-0.1, -0.05) is 27.7 Å². The van der Waals surface area contributed by atoms with Crippen LogP contribution in [0.5, 0.6) is 0 Å². The van der Waals surface area contributed by atoms with Gasteiger partial charge in [0.05, 0.1) is 10.6 Å². The summed E-state index contributed by atoms with van der Waals surface area (Å²) in [7, 11) is 0. The summed E-state index contributed by atoms with van der Waals surface area (Å²) in [4.78, 5) is 8.58. The molecular formula is C14H25BrN4O. The molecule has 0 amide bonds. The zero-order valence-electron chi connectivity index (χ0n) is 12.7. The predicted octanol–water partition coefficient (Wildman–Crippen LogP) is 3.27. The Kier molecular flexibility index (Phi) is 6.68. The standard InChI is InChI=1S/C14H25BrN4O/c1-5-6-16-13-18-9-11(15)12(19-13)17-8-10(20)7-14(2,3)4/h9-10,20H,5-8H2,1-4H3,(H2,16,17,18,19). The van der Waals surface area contributed by atoms with E-state index in [1.54, 1.807) is 6.20 Å². The molecule has 1 aromatic rings. The van der Waals surface area contributed by atoms with E-state index in [4.69, 9.17) is 0 Å². The minimum Gasteiger partial charge on any atom is -0.391 e. The molecule has 20 heavy (non-hydrogen) atoms. The SMILES string of the molecule is CCCNc1ncc(Br)c(NCC(O)CC(C)(C)C)n1. The lowest BCUT2D eigenvalue weighted by atomic mass is 9.89. The third-order valence-corrected chi connectivity index (χ3v) is 3.21. The molecule has 1 heterocycles. The molecule has 0 spiro atoms. The lowest BCUT2D eigenvalue weighted by Gasteiger charge is -2.22.